The summed E-state index contributed by atoms with van der Waals surface area (Å²) >= 11 is 0. The van der Waals surface area contributed by atoms with Crippen LogP contribution in [-0.2, 0) is 6.54 Å². The van der Waals surface area contributed by atoms with Gasteiger partial charge in [-0.3, -0.25) is 4.98 Å². The Labute approximate surface area is 111 Å². The van der Waals surface area contributed by atoms with Gasteiger partial charge in [-0.2, -0.15) is 0 Å². The number of nitrogens with one attached hydrogen (secondary N) is 1. The summed E-state index contributed by atoms with van der Waals surface area (Å²) in [5.41, 5.74) is 3.73. The Hall–Kier alpha value is -1.09. The lowest BCUT2D eigenvalue weighted by Crippen LogP contribution is -2.30. The quantitative estimate of drug-likeness (QED) is 0.838. The van der Waals surface area contributed by atoms with Crippen molar-refractivity contribution in [3.8, 4) is 0 Å². The highest BCUT2D eigenvalue weighted by atomic mass is 15.1. The molecule has 2 rings (SSSR count). The Balaban J connectivity index is 2.15. The van der Waals surface area contributed by atoms with E-state index < -0.39 is 0 Å². The lowest BCUT2D eigenvalue weighted by atomic mass is 10.1. The Morgan fingerprint density at radius 1 is 1.50 bits per heavy atom. The SMILES string of the molecule is CCC(C)N(C)c1cc(C)ncc1CNC1CC1. The lowest BCUT2D eigenvalue weighted by molar-refractivity contribution is 0.647. The fraction of sp³-hybridized carbons (Fsp3) is 0.667. The van der Waals surface area contributed by atoms with Crippen LogP contribution in [0.5, 0.6) is 0 Å². The minimum Gasteiger partial charge on any atom is -0.372 e. The standard InChI is InChI=1S/C15H25N3/c1-5-12(3)18(4)15-8-11(2)16-9-13(15)10-17-14-6-7-14/h8-9,12,14,17H,5-7,10H2,1-4H3. The first-order valence-corrected chi connectivity index (χ1v) is 7.03. The maximum atomic E-state index is 4.44. The molecule has 1 unspecified atom stereocenters. The smallest absolute Gasteiger partial charge is 0.0445 e. The molecule has 1 N–H and O–H groups in total. The molecule has 1 aliphatic rings. The number of rotatable bonds is 6. The zero-order valence-corrected chi connectivity index (χ0v) is 12.0. The van der Waals surface area contributed by atoms with Crippen molar-refractivity contribution in [2.45, 2.75) is 58.7 Å². The van der Waals surface area contributed by atoms with Gasteiger partial charge >= 0.3 is 0 Å². The third-order valence-corrected chi connectivity index (χ3v) is 3.89. The summed E-state index contributed by atoms with van der Waals surface area (Å²) in [6.07, 6.45) is 5.85. The van der Waals surface area contributed by atoms with Gasteiger partial charge in [0.15, 0.2) is 0 Å². The maximum absolute atomic E-state index is 4.44. The summed E-state index contributed by atoms with van der Waals surface area (Å²) in [6, 6.07) is 3.51. The summed E-state index contributed by atoms with van der Waals surface area (Å²) < 4.78 is 0. The summed E-state index contributed by atoms with van der Waals surface area (Å²) in [7, 11) is 2.18. The number of aromatic nitrogens is 1. The van der Waals surface area contributed by atoms with Crippen molar-refractivity contribution in [1.82, 2.24) is 10.3 Å². The molecule has 1 atom stereocenters. The van der Waals surface area contributed by atoms with Gasteiger partial charge in [-0.25, -0.2) is 0 Å². The second kappa shape index (κ2) is 5.70. The van der Waals surface area contributed by atoms with Crippen molar-refractivity contribution in [3.63, 3.8) is 0 Å². The predicted octanol–water partition coefficient (Wildman–Crippen LogP) is 2.88. The Morgan fingerprint density at radius 2 is 2.22 bits per heavy atom. The first-order valence-electron chi connectivity index (χ1n) is 7.03. The molecule has 1 aromatic heterocycles. The van der Waals surface area contributed by atoms with Crippen molar-refractivity contribution in [2.24, 2.45) is 0 Å². The van der Waals surface area contributed by atoms with Gasteiger partial charge in [-0.1, -0.05) is 6.92 Å². The van der Waals surface area contributed by atoms with E-state index in [2.05, 4.69) is 49.1 Å². The van der Waals surface area contributed by atoms with E-state index in [-0.39, 0.29) is 0 Å². The number of anilines is 1. The molecule has 1 aliphatic carbocycles. The molecular formula is C15H25N3. The topological polar surface area (TPSA) is 28.2 Å². The molecule has 0 amide bonds. The third-order valence-electron chi connectivity index (χ3n) is 3.89. The summed E-state index contributed by atoms with van der Waals surface area (Å²) in [5, 5.41) is 3.58. The van der Waals surface area contributed by atoms with E-state index in [1.165, 1.54) is 24.1 Å². The molecule has 3 nitrogen and oxygen atoms in total. The van der Waals surface area contributed by atoms with Crippen molar-refractivity contribution < 1.29 is 0 Å². The molecule has 18 heavy (non-hydrogen) atoms. The molecule has 0 bridgehead atoms. The summed E-state index contributed by atoms with van der Waals surface area (Å²) in [5.74, 6) is 0. The molecule has 0 radical (unpaired) electrons. The van der Waals surface area contributed by atoms with Crippen LogP contribution in [0, 0.1) is 6.92 Å². The Morgan fingerprint density at radius 3 is 2.83 bits per heavy atom. The average molecular weight is 247 g/mol. The van der Waals surface area contributed by atoms with Crippen LogP contribution in [0.2, 0.25) is 0 Å². The van der Waals surface area contributed by atoms with Gasteiger partial charge in [0, 0.05) is 48.8 Å². The van der Waals surface area contributed by atoms with Crippen molar-refractivity contribution in [2.75, 3.05) is 11.9 Å². The van der Waals surface area contributed by atoms with Gasteiger partial charge in [-0.15, -0.1) is 0 Å². The Kier molecular flexibility index (Phi) is 4.23. The zero-order valence-electron chi connectivity index (χ0n) is 12.0. The van der Waals surface area contributed by atoms with E-state index in [4.69, 9.17) is 0 Å². The van der Waals surface area contributed by atoms with Gasteiger partial charge < -0.3 is 10.2 Å². The number of pyridine rings is 1. The van der Waals surface area contributed by atoms with E-state index in [0.29, 0.717) is 6.04 Å². The van der Waals surface area contributed by atoms with Gasteiger partial charge in [0.2, 0.25) is 0 Å². The molecule has 0 saturated heterocycles. The van der Waals surface area contributed by atoms with E-state index in [9.17, 15) is 0 Å². The van der Waals surface area contributed by atoms with E-state index in [0.717, 1.165) is 24.7 Å². The second-order valence-corrected chi connectivity index (χ2v) is 5.48. The van der Waals surface area contributed by atoms with Crippen LogP contribution in [0.1, 0.15) is 44.4 Å². The van der Waals surface area contributed by atoms with Crippen molar-refractivity contribution in [1.29, 1.82) is 0 Å². The second-order valence-electron chi connectivity index (χ2n) is 5.48. The van der Waals surface area contributed by atoms with Gasteiger partial charge in [0.05, 0.1) is 0 Å². The zero-order chi connectivity index (χ0) is 13.1. The fourth-order valence-electron chi connectivity index (χ4n) is 2.09. The molecule has 1 fully saturated rings. The third kappa shape index (κ3) is 3.22. The predicted molar refractivity (Wildman–Crippen MR) is 77.0 cm³/mol. The average Bonchev–Trinajstić information content (AvgIpc) is 3.19. The van der Waals surface area contributed by atoms with Crippen LogP contribution in [-0.4, -0.2) is 24.1 Å². The van der Waals surface area contributed by atoms with Gasteiger partial charge in [-0.05, 0) is 39.2 Å². The molecular weight excluding hydrogens is 222 g/mol. The highest BCUT2D eigenvalue weighted by Crippen LogP contribution is 2.25. The summed E-state index contributed by atoms with van der Waals surface area (Å²) in [6.45, 7) is 7.51. The van der Waals surface area contributed by atoms with E-state index in [1.54, 1.807) is 0 Å². The minimum absolute atomic E-state index is 0.562. The first-order chi connectivity index (χ1) is 8.61. The normalized spacial score (nSPS) is 16.7. The first kappa shape index (κ1) is 13.3. The molecule has 0 spiro atoms. The monoisotopic (exact) mass is 247 g/mol. The van der Waals surface area contributed by atoms with Crippen LogP contribution < -0.4 is 10.2 Å². The Bertz CT molecular complexity index is 399. The minimum atomic E-state index is 0.562. The van der Waals surface area contributed by atoms with Crippen LogP contribution in [0.3, 0.4) is 0 Å². The van der Waals surface area contributed by atoms with Crippen molar-refractivity contribution in [3.05, 3.63) is 23.5 Å². The molecule has 0 aromatic carbocycles. The number of nitrogens with zero attached hydrogens (tertiary/aromatic N) is 2. The maximum Gasteiger partial charge on any atom is 0.0445 e. The number of aryl methyl sites for hydroxylation is 1. The highest BCUT2D eigenvalue weighted by molar-refractivity contribution is 5.53. The molecule has 100 valence electrons. The molecule has 1 heterocycles. The van der Waals surface area contributed by atoms with Crippen LogP contribution in [0.4, 0.5) is 5.69 Å². The molecule has 0 aliphatic heterocycles. The van der Waals surface area contributed by atoms with E-state index in [1.807, 2.05) is 6.20 Å². The lowest BCUT2D eigenvalue weighted by Gasteiger charge is -2.28. The highest BCUT2D eigenvalue weighted by Gasteiger charge is 2.21. The number of hydrogen-bond acceptors (Lipinski definition) is 3. The van der Waals surface area contributed by atoms with Gasteiger partial charge in [0.1, 0.15) is 0 Å². The molecule has 1 saturated carbocycles. The fourth-order valence-corrected chi connectivity index (χ4v) is 2.09. The van der Waals surface area contributed by atoms with Crippen LogP contribution in [0.25, 0.3) is 0 Å². The number of hydrogen-bond donors (Lipinski definition) is 1. The van der Waals surface area contributed by atoms with E-state index >= 15 is 0 Å². The van der Waals surface area contributed by atoms with Gasteiger partial charge in [0.25, 0.3) is 0 Å². The molecule has 3 heteroatoms. The van der Waals surface area contributed by atoms with Crippen molar-refractivity contribution >= 4 is 5.69 Å². The largest absolute Gasteiger partial charge is 0.372 e. The van der Waals surface area contributed by atoms with Crippen LogP contribution in [0.15, 0.2) is 12.3 Å². The van der Waals surface area contributed by atoms with Crippen LogP contribution >= 0.6 is 0 Å². The molecule has 1 aromatic rings. The summed E-state index contributed by atoms with van der Waals surface area (Å²) in [4.78, 5) is 6.81.